The van der Waals surface area contributed by atoms with E-state index in [0.717, 1.165) is 29.9 Å². The molecule has 0 fully saturated rings. The standard InChI is InChI=1S/C49H34N2/c1-2-26-51-46-21-10-9-20-45(46)50-48(51)35-14-11-13-32(27-35)33-22-23-34-29-40-44(30-36(34)28-33)49(43-25-24-31-12-3-4-15-37(31)47(40)43)41-18-7-5-16-38(41)39-17-6-8-19-42(39)49/h3-25,27-30H,2,26H2,1H3. The average Bonchev–Trinajstić information content (AvgIpc) is 3.81. The highest BCUT2D eigenvalue weighted by Crippen LogP contribution is 2.64. The average molecular weight is 651 g/mol. The summed E-state index contributed by atoms with van der Waals surface area (Å²) >= 11 is 0. The van der Waals surface area contributed by atoms with Gasteiger partial charge in [-0.25, -0.2) is 4.98 Å². The van der Waals surface area contributed by atoms with Crippen LogP contribution in [0.3, 0.4) is 0 Å². The zero-order chi connectivity index (χ0) is 33.7. The quantitative estimate of drug-likeness (QED) is 0.185. The van der Waals surface area contributed by atoms with E-state index in [2.05, 4.69) is 175 Å². The number of benzene rings is 8. The molecule has 0 atom stereocenters. The van der Waals surface area contributed by atoms with Gasteiger partial charge < -0.3 is 4.57 Å². The van der Waals surface area contributed by atoms with Crippen LogP contribution in [-0.4, -0.2) is 9.55 Å². The maximum Gasteiger partial charge on any atom is 0.141 e. The third-order valence-electron chi connectivity index (χ3n) is 11.5. The second kappa shape index (κ2) is 10.6. The topological polar surface area (TPSA) is 17.8 Å². The predicted octanol–water partition coefficient (Wildman–Crippen LogP) is 12.4. The molecule has 2 aliphatic carbocycles. The Kier molecular flexibility index (Phi) is 5.95. The fourth-order valence-electron chi connectivity index (χ4n) is 9.41. The van der Waals surface area contributed by atoms with E-state index < -0.39 is 0 Å². The first-order valence-electron chi connectivity index (χ1n) is 18.1. The van der Waals surface area contributed by atoms with Gasteiger partial charge in [0.1, 0.15) is 5.82 Å². The van der Waals surface area contributed by atoms with Crippen LogP contribution in [0, 0.1) is 0 Å². The van der Waals surface area contributed by atoms with E-state index >= 15 is 0 Å². The number of rotatable bonds is 4. The van der Waals surface area contributed by atoms with Crippen LogP contribution in [0.5, 0.6) is 0 Å². The van der Waals surface area contributed by atoms with E-state index in [9.17, 15) is 0 Å². The molecule has 2 aliphatic rings. The summed E-state index contributed by atoms with van der Waals surface area (Å²) in [4.78, 5) is 5.11. The Morgan fingerprint density at radius 3 is 2.04 bits per heavy atom. The monoisotopic (exact) mass is 650 g/mol. The van der Waals surface area contributed by atoms with E-state index in [4.69, 9.17) is 4.98 Å². The van der Waals surface area contributed by atoms with Gasteiger partial charge >= 0.3 is 0 Å². The number of aromatic nitrogens is 2. The molecule has 0 unspecified atom stereocenters. The highest BCUT2D eigenvalue weighted by atomic mass is 15.1. The zero-order valence-corrected chi connectivity index (χ0v) is 28.4. The van der Waals surface area contributed by atoms with Gasteiger partial charge in [0.25, 0.3) is 0 Å². The molecule has 9 aromatic rings. The fourth-order valence-corrected chi connectivity index (χ4v) is 9.41. The Morgan fingerprint density at radius 1 is 0.490 bits per heavy atom. The molecule has 0 saturated carbocycles. The van der Waals surface area contributed by atoms with Crippen LogP contribution in [0.4, 0.5) is 0 Å². The molecule has 240 valence electrons. The maximum absolute atomic E-state index is 5.11. The largest absolute Gasteiger partial charge is 0.324 e. The summed E-state index contributed by atoms with van der Waals surface area (Å²) in [6, 6.07) is 61.1. The minimum atomic E-state index is -0.385. The van der Waals surface area contributed by atoms with E-state index in [1.807, 2.05) is 0 Å². The molecule has 0 N–H and O–H groups in total. The van der Waals surface area contributed by atoms with Gasteiger partial charge in [0, 0.05) is 12.1 Å². The van der Waals surface area contributed by atoms with Gasteiger partial charge in [0.15, 0.2) is 0 Å². The Labute approximate surface area is 297 Å². The second-order valence-electron chi connectivity index (χ2n) is 14.2. The number of nitrogens with zero attached hydrogens (tertiary/aromatic N) is 2. The van der Waals surface area contributed by atoms with Crippen LogP contribution in [0.1, 0.15) is 35.6 Å². The van der Waals surface area contributed by atoms with Crippen molar-refractivity contribution >= 4 is 32.6 Å². The summed E-state index contributed by atoms with van der Waals surface area (Å²) in [5.41, 5.74) is 16.3. The number of aryl methyl sites for hydroxylation is 1. The van der Waals surface area contributed by atoms with E-state index in [-0.39, 0.29) is 5.41 Å². The van der Waals surface area contributed by atoms with Crippen molar-refractivity contribution in [1.29, 1.82) is 0 Å². The van der Waals surface area contributed by atoms with Crippen molar-refractivity contribution in [2.24, 2.45) is 0 Å². The van der Waals surface area contributed by atoms with Gasteiger partial charge in [-0.3, -0.25) is 0 Å². The second-order valence-corrected chi connectivity index (χ2v) is 14.2. The lowest BCUT2D eigenvalue weighted by atomic mass is 9.70. The predicted molar refractivity (Wildman–Crippen MR) is 212 cm³/mol. The summed E-state index contributed by atoms with van der Waals surface area (Å²) in [6.07, 6.45) is 1.05. The SMILES string of the molecule is CCCn1c(-c2cccc(-c3ccc4cc5c(cc4c3)C3(c4ccccc4-c4ccccc43)c3ccc4ccccc4c3-5)c2)nc2ccccc21. The van der Waals surface area contributed by atoms with Gasteiger partial charge in [-0.15, -0.1) is 0 Å². The Hall–Kier alpha value is -6.25. The molecule has 0 aliphatic heterocycles. The third kappa shape index (κ3) is 3.85. The Morgan fingerprint density at radius 2 is 1.20 bits per heavy atom. The third-order valence-corrected chi connectivity index (χ3v) is 11.5. The summed E-state index contributed by atoms with van der Waals surface area (Å²) in [6.45, 7) is 3.17. The number of imidazole rings is 1. The first-order chi connectivity index (χ1) is 25.2. The number of hydrogen-bond donors (Lipinski definition) is 0. The molecule has 1 heterocycles. The first-order valence-corrected chi connectivity index (χ1v) is 18.1. The van der Waals surface area contributed by atoms with Crippen molar-refractivity contribution < 1.29 is 0 Å². The molecule has 1 aromatic heterocycles. The Bertz CT molecular complexity index is 2840. The van der Waals surface area contributed by atoms with Crippen LogP contribution in [0.15, 0.2) is 164 Å². The summed E-state index contributed by atoms with van der Waals surface area (Å²) in [7, 11) is 0. The number of hydrogen-bond acceptors (Lipinski definition) is 1. The summed E-state index contributed by atoms with van der Waals surface area (Å²) < 4.78 is 2.37. The molecule has 11 rings (SSSR count). The van der Waals surface area contributed by atoms with Gasteiger partial charge in [-0.05, 0) is 120 Å². The fraction of sp³-hybridized carbons (Fsp3) is 0.0816. The molecule has 2 heteroatoms. The van der Waals surface area contributed by atoms with Crippen molar-refractivity contribution in [3.63, 3.8) is 0 Å². The van der Waals surface area contributed by atoms with Gasteiger partial charge in [0.2, 0.25) is 0 Å². The first kappa shape index (κ1) is 28.6. The van der Waals surface area contributed by atoms with E-state index in [1.165, 1.54) is 82.7 Å². The van der Waals surface area contributed by atoms with Crippen LogP contribution in [0.2, 0.25) is 0 Å². The number of para-hydroxylation sites is 2. The molecular formula is C49H34N2. The minimum absolute atomic E-state index is 0.385. The van der Waals surface area contributed by atoms with Crippen molar-refractivity contribution in [2.75, 3.05) is 0 Å². The van der Waals surface area contributed by atoms with Crippen molar-refractivity contribution in [2.45, 2.75) is 25.3 Å². The maximum atomic E-state index is 5.11. The molecule has 0 bridgehead atoms. The molecule has 8 aromatic carbocycles. The smallest absolute Gasteiger partial charge is 0.141 e. The van der Waals surface area contributed by atoms with E-state index in [0.29, 0.717) is 0 Å². The van der Waals surface area contributed by atoms with Crippen LogP contribution in [0.25, 0.3) is 77.3 Å². The highest BCUT2D eigenvalue weighted by Gasteiger charge is 2.52. The minimum Gasteiger partial charge on any atom is -0.324 e. The Balaban J connectivity index is 1.14. The molecule has 0 saturated heterocycles. The zero-order valence-electron chi connectivity index (χ0n) is 28.4. The van der Waals surface area contributed by atoms with Crippen molar-refractivity contribution in [3.8, 4) is 44.8 Å². The lowest BCUT2D eigenvalue weighted by Crippen LogP contribution is -2.25. The van der Waals surface area contributed by atoms with Crippen molar-refractivity contribution in [3.05, 3.63) is 186 Å². The normalized spacial score (nSPS) is 13.5. The van der Waals surface area contributed by atoms with Gasteiger partial charge in [-0.2, -0.15) is 0 Å². The summed E-state index contributed by atoms with van der Waals surface area (Å²) in [5.74, 6) is 1.03. The molecule has 2 nitrogen and oxygen atoms in total. The highest BCUT2D eigenvalue weighted by molar-refractivity contribution is 6.08. The molecule has 1 spiro atoms. The van der Waals surface area contributed by atoms with Crippen LogP contribution >= 0.6 is 0 Å². The van der Waals surface area contributed by atoms with Gasteiger partial charge in [-0.1, -0.05) is 134 Å². The lowest BCUT2D eigenvalue weighted by molar-refractivity contribution is 0.704. The van der Waals surface area contributed by atoms with Gasteiger partial charge in [0.05, 0.1) is 16.4 Å². The lowest BCUT2D eigenvalue weighted by Gasteiger charge is -2.30. The van der Waals surface area contributed by atoms with E-state index in [1.54, 1.807) is 0 Å². The number of fused-ring (bicyclic) bond motifs is 14. The molecule has 51 heavy (non-hydrogen) atoms. The molecule has 0 amide bonds. The van der Waals surface area contributed by atoms with Crippen LogP contribution < -0.4 is 0 Å². The van der Waals surface area contributed by atoms with Crippen LogP contribution in [-0.2, 0) is 12.0 Å². The summed E-state index contributed by atoms with van der Waals surface area (Å²) in [5, 5.41) is 5.11. The molecule has 0 radical (unpaired) electrons. The molecular weight excluding hydrogens is 617 g/mol. The van der Waals surface area contributed by atoms with Crippen molar-refractivity contribution in [1.82, 2.24) is 9.55 Å².